The molecule has 5 rings (SSSR count). The van der Waals surface area contributed by atoms with Crippen LogP contribution in [-0.4, -0.2) is 61.1 Å². The fraction of sp³-hybridized carbons (Fsp3) is 0.318. The lowest BCUT2D eigenvalue weighted by atomic mass is 10.0. The molecule has 0 bridgehead atoms. The molecular formula is C22H21F3N8O2. The number of rotatable bonds is 4. The van der Waals surface area contributed by atoms with E-state index in [2.05, 4.69) is 20.2 Å². The topological polar surface area (TPSA) is 115 Å². The lowest BCUT2D eigenvalue weighted by Crippen LogP contribution is -2.59. The van der Waals surface area contributed by atoms with Gasteiger partial charge in [0.05, 0.1) is 25.3 Å². The minimum atomic E-state index is -0.747. The number of nitrogens with two attached hydrogens (primary N) is 1. The van der Waals surface area contributed by atoms with E-state index in [0.29, 0.717) is 29.1 Å². The molecular weight excluding hydrogens is 465 g/mol. The summed E-state index contributed by atoms with van der Waals surface area (Å²) in [5.74, 6) is -1.94. The summed E-state index contributed by atoms with van der Waals surface area (Å²) in [5, 5.41) is 9.37. The zero-order valence-corrected chi connectivity index (χ0v) is 18.8. The van der Waals surface area contributed by atoms with Crippen molar-refractivity contribution in [1.82, 2.24) is 29.7 Å². The average molecular weight is 486 g/mol. The lowest BCUT2D eigenvalue weighted by Gasteiger charge is -2.40. The molecule has 2 aromatic heterocycles. The van der Waals surface area contributed by atoms with Gasteiger partial charge >= 0.3 is 6.03 Å². The standard InChI is InChI=1S/C22H21F3N8O2/c1-11-18(31(2)30-19(11)26)20-27-8-16(25)21(29-20)35-15-9-32(10-15)22(34)33-17(3-4-28-33)12-5-13(23)7-14(24)6-12/h4-8,15,17H,3,9-10H2,1-2H3,(H2,26,30). The van der Waals surface area contributed by atoms with Crippen molar-refractivity contribution in [3.63, 3.8) is 0 Å². The van der Waals surface area contributed by atoms with Crippen LogP contribution in [0.3, 0.4) is 0 Å². The van der Waals surface area contributed by atoms with E-state index < -0.39 is 35.6 Å². The fourth-order valence-electron chi connectivity index (χ4n) is 4.13. The predicted molar refractivity (Wildman–Crippen MR) is 119 cm³/mol. The number of aryl methyl sites for hydroxylation is 1. The van der Waals surface area contributed by atoms with E-state index in [1.807, 2.05) is 0 Å². The number of ether oxygens (including phenoxy) is 1. The first kappa shape index (κ1) is 22.6. The van der Waals surface area contributed by atoms with Crippen molar-refractivity contribution in [3.05, 3.63) is 53.0 Å². The molecule has 182 valence electrons. The van der Waals surface area contributed by atoms with Gasteiger partial charge in [-0.1, -0.05) is 0 Å². The van der Waals surface area contributed by atoms with Crippen molar-refractivity contribution < 1.29 is 22.7 Å². The summed E-state index contributed by atoms with van der Waals surface area (Å²) in [5.41, 5.74) is 7.33. The Morgan fingerprint density at radius 1 is 1.17 bits per heavy atom. The van der Waals surface area contributed by atoms with Crippen molar-refractivity contribution in [3.8, 4) is 17.4 Å². The maximum atomic E-state index is 14.4. The Balaban J connectivity index is 1.26. The van der Waals surface area contributed by atoms with E-state index >= 15 is 0 Å². The lowest BCUT2D eigenvalue weighted by molar-refractivity contribution is 0.0230. The van der Waals surface area contributed by atoms with Gasteiger partial charge in [-0.2, -0.15) is 19.6 Å². The van der Waals surface area contributed by atoms with Gasteiger partial charge in [0.15, 0.2) is 5.82 Å². The molecule has 2 aliphatic heterocycles. The Morgan fingerprint density at radius 3 is 2.54 bits per heavy atom. The third-order valence-electron chi connectivity index (χ3n) is 5.94. The van der Waals surface area contributed by atoms with Gasteiger partial charge < -0.3 is 15.4 Å². The third kappa shape index (κ3) is 4.13. The molecule has 4 heterocycles. The summed E-state index contributed by atoms with van der Waals surface area (Å²) in [4.78, 5) is 22.6. The van der Waals surface area contributed by atoms with Crippen molar-refractivity contribution in [2.24, 2.45) is 12.1 Å². The highest BCUT2D eigenvalue weighted by atomic mass is 19.1. The normalized spacial score (nSPS) is 17.7. The number of hydrazone groups is 1. The number of urea groups is 1. The quantitative estimate of drug-likeness (QED) is 0.607. The molecule has 1 fully saturated rings. The van der Waals surface area contributed by atoms with E-state index in [-0.39, 0.29) is 24.8 Å². The van der Waals surface area contributed by atoms with Gasteiger partial charge in [-0.05, 0) is 24.6 Å². The first-order valence-corrected chi connectivity index (χ1v) is 10.8. The molecule has 1 atom stereocenters. The molecule has 0 spiro atoms. The van der Waals surface area contributed by atoms with Crippen LogP contribution < -0.4 is 10.5 Å². The fourth-order valence-corrected chi connectivity index (χ4v) is 4.13. The summed E-state index contributed by atoms with van der Waals surface area (Å²) in [6, 6.07) is 2.06. The van der Waals surface area contributed by atoms with Crippen LogP contribution in [0.4, 0.5) is 23.8 Å². The highest BCUT2D eigenvalue weighted by Crippen LogP contribution is 2.32. The van der Waals surface area contributed by atoms with Crippen LogP contribution in [0.5, 0.6) is 5.88 Å². The van der Waals surface area contributed by atoms with Crippen LogP contribution in [-0.2, 0) is 7.05 Å². The van der Waals surface area contributed by atoms with Gasteiger partial charge in [0.1, 0.15) is 29.3 Å². The number of nitrogen functional groups attached to an aromatic ring is 1. The molecule has 1 unspecified atom stereocenters. The second-order valence-corrected chi connectivity index (χ2v) is 8.35. The summed E-state index contributed by atoms with van der Waals surface area (Å²) in [6.45, 7) is 2.07. The van der Waals surface area contributed by atoms with Gasteiger partial charge in [0.25, 0.3) is 5.88 Å². The van der Waals surface area contributed by atoms with Gasteiger partial charge in [0, 0.05) is 31.3 Å². The number of amides is 2. The molecule has 0 saturated carbocycles. The zero-order valence-electron chi connectivity index (χ0n) is 18.8. The number of carbonyl (C=O) groups is 1. The summed E-state index contributed by atoms with van der Waals surface area (Å²) in [7, 11) is 1.67. The van der Waals surface area contributed by atoms with Crippen molar-refractivity contribution in [1.29, 1.82) is 0 Å². The van der Waals surface area contributed by atoms with Crippen LogP contribution in [0.25, 0.3) is 11.5 Å². The van der Waals surface area contributed by atoms with Crippen LogP contribution in [0, 0.1) is 24.4 Å². The largest absolute Gasteiger partial charge is 0.468 e. The van der Waals surface area contributed by atoms with Gasteiger partial charge in [0.2, 0.25) is 5.82 Å². The highest BCUT2D eigenvalue weighted by Gasteiger charge is 2.39. The summed E-state index contributed by atoms with van der Waals surface area (Å²) in [6.07, 6.45) is 2.34. The molecule has 2 N–H and O–H groups in total. The second kappa shape index (κ2) is 8.56. The molecule has 1 saturated heterocycles. The number of nitrogens with zero attached hydrogens (tertiary/aromatic N) is 7. The number of likely N-dealkylation sites (tertiary alicyclic amines) is 1. The molecule has 13 heteroatoms. The highest BCUT2D eigenvalue weighted by molar-refractivity contribution is 5.79. The molecule has 1 aromatic carbocycles. The predicted octanol–water partition coefficient (Wildman–Crippen LogP) is 2.80. The molecule has 2 aliphatic rings. The maximum absolute atomic E-state index is 14.4. The van der Waals surface area contributed by atoms with Crippen molar-refractivity contribution in [2.45, 2.75) is 25.5 Å². The Morgan fingerprint density at radius 2 is 1.89 bits per heavy atom. The molecule has 35 heavy (non-hydrogen) atoms. The van der Waals surface area contributed by atoms with E-state index in [0.717, 1.165) is 12.3 Å². The van der Waals surface area contributed by atoms with Crippen LogP contribution in [0.1, 0.15) is 23.6 Å². The van der Waals surface area contributed by atoms with Gasteiger partial charge in [-0.25, -0.2) is 23.6 Å². The first-order chi connectivity index (χ1) is 16.7. The number of anilines is 1. The van der Waals surface area contributed by atoms with E-state index in [1.54, 1.807) is 14.0 Å². The Labute approximate surface area is 197 Å². The third-order valence-corrected chi connectivity index (χ3v) is 5.94. The van der Waals surface area contributed by atoms with Gasteiger partial charge in [-0.15, -0.1) is 0 Å². The Kier molecular flexibility index (Phi) is 5.53. The number of benzene rings is 1. The number of hydrogen-bond acceptors (Lipinski definition) is 7. The SMILES string of the molecule is Cc1c(N)nn(C)c1-c1ncc(F)c(OC2CN(C(=O)N3N=CCC3c3cc(F)cc(F)c3)C2)n1. The summed E-state index contributed by atoms with van der Waals surface area (Å²) >= 11 is 0. The molecule has 0 aliphatic carbocycles. The van der Waals surface area contributed by atoms with E-state index in [9.17, 15) is 18.0 Å². The Bertz CT molecular complexity index is 1320. The average Bonchev–Trinajstić information content (AvgIpc) is 3.35. The summed E-state index contributed by atoms with van der Waals surface area (Å²) < 4.78 is 48.8. The van der Waals surface area contributed by atoms with Crippen LogP contribution in [0.15, 0.2) is 29.5 Å². The minimum absolute atomic E-state index is 0.158. The maximum Gasteiger partial charge on any atom is 0.341 e. The molecule has 0 radical (unpaired) electrons. The van der Waals surface area contributed by atoms with E-state index in [1.165, 1.54) is 32.9 Å². The second-order valence-electron chi connectivity index (χ2n) is 8.35. The number of aromatic nitrogens is 4. The monoisotopic (exact) mass is 486 g/mol. The molecule has 2 amide bonds. The number of halogens is 3. The molecule has 3 aromatic rings. The smallest absolute Gasteiger partial charge is 0.341 e. The van der Waals surface area contributed by atoms with Crippen LogP contribution >= 0.6 is 0 Å². The Hall–Kier alpha value is -4.16. The first-order valence-electron chi connectivity index (χ1n) is 10.8. The minimum Gasteiger partial charge on any atom is -0.468 e. The van der Waals surface area contributed by atoms with Crippen LogP contribution in [0.2, 0.25) is 0 Å². The van der Waals surface area contributed by atoms with Crippen molar-refractivity contribution in [2.75, 3.05) is 18.8 Å². The number of carbonyl (C=O) groups excluding carboxylic acids is 1. The molecule has 10 nitrogen and oxygen atoms in total. The number of hydrogen-bond donors (Lipinski definition) is 1. The van der Waals surface area contributed by atoms with Gasteiger partial charge in [-0.3, -0.25) is 4.68 Å². The van der Waals surface area contributed by atoms with E-state index in [4.69, 9.17) is 10.5 Å². The zero-order chi connectivity index (χ0) is 24.9. The van der Waals surface area contributed by atoms with Crippen molar-refractivity contribution >= 4 is 18.1 Å².